The smallest absolute Gasteiger partial charge is 0.300 e. The maximum absolute atomic E-state index is 13.9. The zero-order chi connectivity index (χ0) is 26.4. The minimum atomic E-state index is -0.963. The van der Waals surface area contributed by atoms with Crippen molar-refractivity contribution in [2.75, 3.05) is 12.0 Å². The number of carbonyl (C=O) groups is 2. The van der Waals surface area contributed by atoms with Gasteiger partial charge in [0, 0.05) is 11.3 Å². The average Bonchev–Trinajstić information content (AvgIpc) is 3.10. The van der Waals surface area contributed by atoms with E-state index >= 15 is 0 Å². The van der Waals surface area contributed by atoms with Crippen molar-refractivity contribution in [1.82, 2.24) is 0 Å². The largest absolute Gasteiger partial charge is 0.507 e. The van der Waals surface area contributed by atoms with E-state index in [9.17, 15) is 19.1 Å². The van der Waals surface area contributed by atoms with Gasteiger partial charge in [0.15, 0.2) is 0 Å². The van der Waals surface area contributed by atoms with E-state index in [4.69, 9.17) is 16.3 Å². The van der Waals surface area contributed by atoms with Gasteiger partial charge in [-0.3, -0.25) is 14.5 Å². The van der Waals surface area contributed by atoms with E-state index in [0.29, 0.717) is 16.9 Å². The van der Waals surface area contributed by atoms with E-state index in [0.717, 1.165) is 17.2 Å². The van der Waals surface area contributed by atoms with Gasteiger partial charge in [0.1, 0.15) is 17.3 Å². The lowest BCUT2D eigenvalue weighted by molar-refractivity contribution is -0.132. The van der Waals surface area contributed by atoms with Gasteiger partial charge in [-0.05, 0) is 65.4 Å². The van der Waals surface area contributed by atoms with Gasteiger partial charge in [0.2, 0.25) is 0 Å². The Morgan fingerprint density at radius 1 is 1.03 bits per heavy atom. The molecule has 7 heteroatoms. The van der Waals surface area contributed by atoms with Crippen LogP contribution in [-0.2, 0) is 15.0 Å². The number of anilines is 1. The van der Waals surface area contributed by atoms with E-state index in [-0.39, 0.29) is 27.5 Å². The Bertz CT molecular complexity index is 1390. The predicted octanol–water partition coefficient (Wildman–Crippen LogP) is 6.72. The molecule has 0 bridgehead atoms. The molecule has 5 nitrogen and oxygen atoms in total. The Labute approximate surface area is 214 Å². The molecule has 3 aromatic rings. The summed E-state index contributed by atoms with van der Waals surface area (Å²) in [4.78, 5) is 28.0. The summed E-state index contributed by atoms with van der Waals surface area (Å²) in [5, 5.41) is 11.4. The van der Waals surface area contributed by atoms with Crippen LogP contribution in [-0.4, -0.2) is 23.9 Å². The van der Waals surface area contributed by atoms with E-state index in [1.807, 2.05) is 25.1 Å². The number of ether oxygens (including phenoxy) is 1. The van der Waals surface area contributed by atoms with Crippen LogP contribution >= 0.6 is 11.6 Å². The molecular weight excluding hydrogens is 481 g/mol. The zero-order valence-corrected chi connectivity index (χ0v) is 21.5. The van der Waals surface area contributed by atoms with Crippen LogP contribution in [0.15, 0.2) is 66.2 Å². The second-order valence-electron chi connectivity index (χ2n) is 9.82. The zero-order valence-electron chi connectivity index (χ0n) is 20.7. The Hall–Kier alpha value is -3.64. The van der Waals surface area contributed by atoms with Crippen LogP contribution < -0.4 is 9.64 Å². The van der Waals surface area contributed by atoms with Crippen LogP contribution in [0.5, 0.6) is 5.75 Å². The lowest BCUT2D eigenvalue weighted by Gasteiger charge is -2.26. The summed E-state index contributed by atoms with van der Waals surface area (Å²) in [6, 6.07) is 15.4. The van der Waals surface area contributed by atoms with Crippen molar-refractivity contribution in [3.05, 3.63) is 99.3 Å². The van der Waals surface area contributed by atoms with Crippen LogP contribution in [0.3, 0.4) is 0 Å². The topological polar surface area (TPSA) is 66.8 Å². The highest BCUT2D eigenvalue weighted by atomic mass is 35.5. The third-order valence-electron chi connectivity index (χ3n) is 6.42. The maximum atomic E-state index is 13.9. The number of hydrogen-bond donors (Lipinski definition) is 1. The van der Waals surface area contributed by atoms with Crippen LogP contribution in [0, 0.1) is 12.7 Å². The lowest BCUT2D eigenvalue weighted by atomic mass is 9.84. The molecule has 3 aromatic carbocycles. The third-order valence-corrected chi connectivity index (χ3v) is 6.71. The number of Topliss-reactive ketones (excluding diaryl/α,β-unsaturated/α-hetero) is 1. The van der Waals surface area contributed by atoms with Crippen molar-refractivity contribution in [3.63, 3.8) is 0 Å². The van der Waals surface area contributed by atoms with Crippen molar-refractivity contribution >= 4 is 34.7 Å². The van der Waals surface area contributed by atoms with Crippen molar-refractivity contribution in [2.45, 2.75) is 39.2 Å². The molecule has 0 aromatic heterocycles. The van der Waals surface area contributed by atoms with Gasteiger partial charge >= 0.3 is 0 Å². The van der Waals surface area contributed by atoms with E-state index in [1.165, 1.54) is 24.1 Å². The fraction of sp³-hybridized carbons (Fsp3) is 0.241. The summed E-state index contributed by atoms with van der Waals surface area (Å²) in [5.74, 6) is -2.01. The van der Waals surface area contributed by atoms with Gasteiger partial charge in [-0.1, -0.05) is 56.6 Å². The minimum absolute atomic E-state index is 0.0558. The number of hydrogen-bond acceptors (Lipinski definition) is 4. The Balaban J connectivity index is 1.98. The first-order valence-electron chi connectivity index (χ1n) is 11.5. The van der Waals surface area contributed by atoms with Gasteiger partial charge in [0.25, 0.3) is 11.7 Å². The molecule has 1 aliphatic heterocycles. The summed E-state index contributed by atoms with van der Waals surface area (Å²) < 4.78 is 19.2. The highest BCUT2D eigenvalue weighted by Gasteiger charge is 2.47. The van der Waals surface area contributed by atoms with Gasteiger partial charge in [-0.15, -0.1) is 0 Å². The molecule has 1 N–H and O–H groups in total. The number of nitrogens with zero attached hydrogens (tertiary/aromatic N) is 1. The number of aliphatic hydroxyl groups is 1. The molecule has 1 unspecified atom stereocenters. The molecule has 0 spiro atoms. The normalized spacial score (nSPS) is 17.5. The number of ketones is 1. The average molecular weight is 508 g/mol. The molecule has 1 saturated heterocycles. The molecule has 1 fully saturated rings. The highest BCUT2D eigenvalue weighted by Crippen LogP contribution is 2.43. The van der Waals surface area contributed by atoms with Crippen LogP contribution in [0.1, 0.15) is 49.1 Å². The number of carbonyl (C=O) groups excluding carboxylic acids is 2. The van der Waals surface area contributed by atoms with Crippen LogP contribution in [0.4, 0.5) is 10.1 Å². The van der Waals surface area contributed by atoms with Gasteiger partial charge in [0.05, 0.1) is 23.7 Å². The SMILES string of the molecule is COc1ccc(C2/C(=C(\O)c3cc(C(C)(C)C)ccc3C)C(=O)C(=O)N2c2ccc(F)c(Cl)c2)cc1. The summed E-state index contributed by atoms with van der Waals surface area (Å²) >= 11 is 6.01. The van der Waals surface area contributed by atoms with Crippen molar-refractivity contribution < 1.29 is 23.8 Å². The number of amides is 1. The first-order valence-corrected chi connectivity index (χ1v) is 11.8. The van der Waals surface area contributed by atoms with E-state index in [2.05, 4.69) is 20.8 Å². The van der Waals surface area contributed by atoms with Gasteiger partial charge in [-0.2, -0.15) is 0 Å². The van der Waals surface area contributed by atoms with Crippen molar-refractivity contribution in [3.8, 4) is 5.75 Å². The van der Waals surface area contributed by atoms with Crippen molar-refractivity contribution in [1.29, 1.82) is 0 Å². The third kappa shape index (κ3) is 4.49. The Morgan fingerprint density at radius 2 is 1.69 bits per heavy atom. The molecular formula is C29H27ClFNO4. The quantitative estimate of drug-likeness (QED) is 0.242. The molecule has 0 aliphatic carbocycles. The monoisotopic (exact) mass is 507 g/mol. The number of benzene rings is 3. The molecule has 1 aliphatic rings. The first kappa shape index (κ1) is 25.5. The number of rotatable bonds is 4. The summed E-state index contributed by atoms with van der Waals surface area (Å²) in [7, 11) is 1.53. The van der Waals surface area contributed by atoms with E-state index < -0.39 is 23.5 Å². The number of aliphatic hydroxyl groups excluding tert-OH is 1. The number of halogens is 2. The number of aryl methyl sites for hydroxylation is 1. The Kier molecular flexibility index (Phi) is 6.67. The molecule has 186 valence electrons. The fourth-order valence-corrected chi connectivity index (χ4v) is 4.50. The van der Waals surface area contributed by atoms with Gasteiger partial charge < -0.3 is 9.84 Å². The molecule has 0 radical (unpaired) electrons. The highest BCUT2D eigenvalue weighted by molar-refractivity contribution is 6.51. The second kappa shape index (κ2) is 9.43. The summed E-state index contributed by atoms with van der Waals surface area (Å²) in [6.07, 6.45) is 0. The molecule has 4 rings (SSSR count). The standard InChI is InChI=1S/C29H27ClFNO4/c1-16-6-9-18(29(2,3)4)14-21(16)26(33)24-25(17-7-11-20(36-5)12-8-17)32(28(35)27(24)34)19-10-13-23(31)22(30)15-19/h6-15,25,33H,1-5H3/b26-24+. The van der Waals surface area contributed by atoms with Gasteiger partial charge in [-0.25, -0.2) is 4.39 Å². The molecule has 1 heterocycles. The maximum Gasteiger partial charge on any atom is 0.300 e. The molecule has 36 heavy (non-hydrogen) atoms. The predicted molar refractivity (Wildman–Crippen MR) is 139 cm³/mol. The first-order chi connectivity index (χ1) is 16.9. The molecule has 1 amide bonds. The molecule has 1 atom stereocenters. The minimum Gasteiger partial charge on any atom is -0.507 e. The van der Waals surface area contributed by atoms with Crippen molar-refractivity contribution in [2.24, 2.45) is 0 Å². The lowest BCUT2D eigenvalue weighted by Crippen LogP contribution is -2.29. The Morgan fingerprint density at radius 3 is 2.28 bits per heavy atom. The summed E-state index contributed by atoms with van der Waals surface area (Å²) in [5.41, 5.74) is 2.75. The second-order valence-corrected chi connectivity index (χ2v) is 10.2. The van der Waals surface area contributed by atoms with Crippen LogP contribution in [0.25, 0.3) is 5.76 Å². The van der Waals surface area contributed by atoms with Crippen LogP contribution in [0.2, 0.25) is 5.02 Å². The molecule has 0 saturated carbocycles. The number of methoxy groups -OCH3 is 1. The fourth-order valence-electron chi connectivity index (χ4n) is 4.32. The van der Waals surface area contributed by atoms with E-state index in [1.54, 1.807) is 24.3 Å². The summed E-state index contributed by atoms with van der Waals surface area (Å²) in [6.45, 7) is 7.99.